The molecule has 28 heavy (non-hydrogen) atoms. The molecule has 154 valence electrons. The van der Waals surface area contributed by atoms with E-state index in [4.69, 9.17) is 0 Å². The van der Waals surface area contributed by atoms with Gasteiger partial charge in [0.05, 0.1) is 0 Å². The number of hydrogen-bond acceptors (Lipinski definition) is 3. The first kappa shape index (κ1) is 21.9. The summed E-state index contributed by atoms with van der Waals surface area (Å²) in [6.45, 7) is 14.8. The van der Waals surface area contributed by atoms with Crippen LogP contribution in [-0.4, -0.2) is 41.4 Å². The zero-order valence-electron chi connectivity index (χ0n) is 18.2. The van der Waals surface area contributed by atoms with Crippen LogP contribution < -0.4 is 10.6 Å². The third kappa shape index (κ3) is 4.91. The van der Waals surface area contributed by atoms with Crippen LogP contribution >= 0.6 is 0 Å². The van der Waals surface area contributed by atoms with Gasteiger partial charge in [0.25, 0.3) is 5.91 Å². The number of carbonyl (C=O) groups is 3. The maximum absolute atomic E-state index is 12.1. The Morgan fingerprint density at radius 3 is 2.18 bits per heavy atom. The molecule has 6 heteroatoms. The lowest BCUT2D eigenvalue weighted by Gasteiger charge is -2.22. The molecule has 1 aliphatic heterocycles. The lowest BCUT2D eigenvalue weighted by Crippen LogP contribution is -2.40. The normalized spacial score (nSPS) is 16.3. The van der Waals surface area contributed by atoms with Crippen molar-refractivity contribution in [1.29, 1.82) is 0 Å². The maximum Gasteiger partial charge on any atom is 0.325 e. The van der Waals surface area contributed by atoms with Gasteiger partial charge in [-0.05, 0) is 61.8 Å². The van der Waals surface area contributed by atoms with Crippen LogP contribution in [0.15, 0.2) is 12.1 Å². The zero-order valence-corrected chi connectivity index (χ0v) is 18.2. The number of urea groups is 1. The number of carbonyl (C=O) groups excluding carboxylic acids is 3. The third-order valence-electron chi connectivity index (χ3n) is 5.27. The molecule has 1 aromatic rings. The monoisotopic (exact) mass is 387 g/mol. The van der Waals surface area contributed by atoms with Crippen LogP contribution in [0.4, 0.5) is 4.79 Å². The van der Waals surface area contributed by atoms with E-state index in [0.29, 0.717) is 6.54 Å². The van der Waals surface area contributed by atoms with Crippen molar-refractivity contribution < 1.29 is 14.4 Å². The largest absolute Gasteiger partial charge is 0.356 e. The van der Waals surface area contributed by atoms with Crippen LogP contribution in [0.25, 0.3) is 0 Å². The summed E-state index contributed by atoms with van der Waals surface area (Å²) in [6.07, 6.45) is 0.861. The first-order valence-electron chi connectivity index (χ1n) is 9.84. The molecular weight excluding hydrogens is 354 g/mol. The number of amides is 4. The highest BCUT2D eigenvalue weighted by atomic mass is 16.2. The van der Waals surface area contributed by atoms with Gasteiger partial charge >= 0.3 is 6.03 Å². The van der Waals surface area contributed by atoms with Gasteiger partial charge in [0.2, 0.25) is 5.91 Å². The van der Waals surface area contributed by atoms with Crippen LogP contribution in [0.1, 0.15) is 63.3 Å². The van der Waals surface area contributed by atoms with Crippen molar-refractivity contribution in [1.82, 2.24) is 15.5 Å². The number of nitrogens with zero attached hydrogens (tertiary/aromatic N) is 1. The van der Waals surface area contributed by atoms with Gasteiger partial charge in [-0.3, -0.25) is 14.5 Å². The Hall–Kier alpha value is -2.37. The minimum atomic E-state index is -0.901. The molecule has 0 unspecified atom stereocenters. The van der Waals surface area contributed by atoms with Crippen LogP contribution in [0.5, 0.6) is 0 Å². The molecule has 0 radical (unpaired) electrons. The van der Waals surface area contributed by atoms with Crippen molar-refractivity contribution in [2.75, 3.05) is 13.1 Å². The fourth-order valence-corrected chi connectivity index (χ4v) is 3.47. The molecule has 2 rings (SSSR count). The number of aryl methyl sites for hydroxylation is 2. The van der Waals surface area contributed by atoms with E-state index in [1.165, 1.54) is 22.3 Å². The van der Waals surface area contributed by atoms with Crippen molar-refractivity contribution in [2.45, 2.75) is 72.3 Å². The van der Waals surface area contributed by atoms with Crippen molar-refractivity contribution >= 4 is 17.8 Å². The standard InChI is InChI=1S/C22H33N3O3/c1-14-12-16(21(3,4)5)13-15(2)17(14)8-10-23-18(26)9-11-25-19(27)22(6,7)24-20(25)28/h12-13H,8-11H2,1-7H3,(H,23,26)(H,24,28). The number of benzene rings is 1. The molecule has 1 aromatic carbocycles. The van der Waals surface area contributed by atoms with Crippen molar-refractivity contribution in [3.63, 3.8) is 0 Å². The fourth-order valence-electron chi connectivity index (χ4n) is 3.47. The van der Waals surface area contributed by atoms with Gasteiger partial charge < -0.3 is 10.6 Å². The minimum Gasteiger partial charge on any atom is -0.356 e. The predicted octanol–water partition coefficient (Wildman–Crippen LogP) is 2.98. The van der Waals surface area contributed by atoms with Crippen molar-refractivity contribution in [3.05, 3.63) is 34.4 Å². The van der Waals surface area contributed by atoms with E-state index in [1.807, 2.05) is 0 Å². The van der Waals surface area contributed by atoms with Gasteiger partial charge in [-0.1, -0.05) is 32.9 Å². The second-order valence-electron chi connectivity index (χ2n) is 9.20. The second-order valence-corrected chi connectivity index (χ2v) is 9.20. The van der Waals surface area contributed by atoms with Crippen LogP contribution in [0.2, 0.25) is 0 Å². The predicted molar refractivity (Wildman–Crippen MR) is 110 cm³/mol. The van der Waals surface area contributed by atoms with E-state index in [1.54, 1.807) is 13.8 Å². The van der Waals surface area contributed by atoms with E-state index < -0.39 is 11.6 Å². The summed E-state index contributed by atoms with van der Waals surface area (Å²) < 4.78 is 0. The summed E-state index contributed by atoms with van der Waals surface area (Å²) in [5.41, 5.74) is 4.25. The fraction of sp³-hybridized carbons (Fsp3) is 0.591. The summed E-state index contributed by atoms with van der Waals surface area (Å²) in [7, 11) is 0. The molecule has 0 aliphatic carbocycles. The molecule has 6 nitrogen and oxygen atoms in total. The summed E-state index contributed by atoms with van der Waals surface area (Å²) >= 11 is 0. The van der Waals surface area contributed by atoms with Crippen LogP contribution in [-0.2, 0) is 21.4 Å². The molecule has 1 heterocycles. The second kappa shape index (κ2) is 7.94. The average molecular weight is 388 g/mol. The molecule has 0 atom stereocenters. The smallest absolute Gasteiger partial charge is 0.325 e. The van der Waals surface area contributed by atoms with E-state index in [0.717, 1.165) is 11.3 Å². The SMILES string of the molecule is Cc1cc(C(C)(C)C)cc(C)c1CCNC(=O)CCN1C(=O)NC(C)(C)C1=O. The number of rotatable bonds is 6. The molecule has 1 aliphatic rings. The summed E-state index contributed by atoms with van der Waals surface area (Å²) in [5, 5.41) is 5.51. The first-order chi connectivity index (χ1) is 12.8. The van der Waals surface area contributed by atoms with Crippen molar-refractivity contribution in [3.8, 4) is 0 Å². The molecule has 0 saturated carbocycles. The Bertz CT molecular complexity index is 768. The van der Waals surface area contributed by atoms with E-state index in [9.17, 15) is 14.4 Å². The highest BCUT2D eigenvalue weighted by molar-refractivity contribution is 6.06. The lowest BCUT2D eigenvalue weighted by molar-refractivity contribution is -0.130. The zero-order chi connectivity index (χ0) is 21.3. The Kier molecular flexibility index (Phi) is 6.21. The highest BCUT2D eigenvalue weighted by Gasteiger charge is 2.43. The third-order valence-corrected chi connectivity index (χ3v) is 5.27. The molecule has 0 aromatic heterocycles. The number of nitrogens with one attached hydrogen (secondary N) is 2. The van der Waals surface area contributed by atoms with Gasteiger partial charge in [-0.25, -0.2) is 4.79 Å². The lowest BCUT2D eigenvalue weighted by atomic mass is 9.83. The molecule has 4 amide bonds. The first-order valence-corrected chi connectivity index (χ1v) is 9.84. The van der Waals surface area contributed by atoms with Gasteiger partial charge in [0.15, 0.2) is 0 Å². The Labute approximate surface area is 168 Å². The minimum absolute atomic E-state index is 0.0955. The van der Waals surface area contributed by atoms with Gasteiger partial charge in [0.1, 0.15) is 5.54 Å². The van der Waals surface area contributed by atoms with E-state index in [-0.39, 0.29) is 30.2 Å². The van der Waals surface area contributed by atoms with Crippen LogP contribution in [0, 0.1) is 13.8 Å². The molecule has 1 saturated heterocycles. The van der Waals surface area contributed by atoms with E-state index in [2.05, 4.69) is 57.4 Å². The Balaban J connectivity index is 1.86. The highest BCUT2D eigenvalue weighted by Crippen LogP contribution is 2.27. The molecule has 1 fully saturated rings. The van der Waals surface area contributed by atoms with Gasteiger partial charge in [-0.2, -0.15) is 0 Å². The number of hydrogen-bond donors (Lipinski definition) is 2. The Morgan fingerprint density at radius 2 is 1.71 bits per heavy atom. The van der Waals surface area contributed by atoms with Gasteiger partial charge in [-0.15, -0.1) is 0 Å². The van der Waals surface area contributed by atoms with E-state index >= 15 is 0 Å². The molecule has 0 bridgehead atoms. The number of imide groups is 1. The van der Waals surface area contributed by atoms with Crippen molar-refractivity contribution in [2.24, 2.45) is 0 Å². The summed E-state index contributed by atoms with van der Waals surface area (Å²) in [5.74, 6) is -0.456. The quantitative estimate of drug-likeness (QED) is 0.737. The van der Waals surface area contributed by atoms with Gasteiger partial charge in [0, 0.05) is 19.5 Å². The van der Waals surface area contributed by atoms with Crippen LogP contribution in [0.3, 0.4) is 0 Å². The topological polar surface area (TPSA) is 78.5 Å². The average Bonchev–Trinajstić information content (AvgIpc) is 2.74. The molecule has 2 N–H and O–H groups in total. The summed E-state index contributed by atoms with van der Waals surface area (Å²) in [6, 6.07) is 4.01. The molecule has 0 spiro atoms. The summed E-state index contributed by atoms with van der Waals surface area (Å²) in [4.78, 5) is 37.2. The molecular formula is C22H33N3O3. The Morgan fingerprint density at radius 1 is 1.14 bits per heavy atom. The maximum atomic E-state index is 12.1.